The molecule has 0 spiro atoms. The Balaban J connectivity index is 1.46. The minimum atomic E-state index is 0.00529. The van der Waals surface area contributed by atoms with Crippen molar-refractivity contribution in [2.24, 2.45) is 0 Å². The Hall–Kier alpha value is -1.92. The highest BCUT2D eigenvalue weighted by Gasteiger charge is 2.25. The van der Waals surface area contributed by atoms with E-state index in [9.17, 15) is 4.79 Å². The van der Waals surface area contributed by atoms with Crippen LogP contribution in [0.15, 0.2) is 29.3 Å². The second kappa shape index (κ2) is 8.40. The number of benzene rings is 1. The number of rotatable bonds is 5. The third-order valence-electron chi connectivity index (χ3n) is 6.12. The third-order valence-corrected chi connectivity index (χ3v) is 6.12. The van der Waals surface area contributed by atoms with E-state index in [0.29, 0.717) is 18.5 Å². The number of piperazine rings is 1. The van der Waals surface area contributed by atoms with Crippen LogP contribution in [0.2, 0.25) is 0 Å². The summed E-state index contributed by atoms with van der Waals surface area (Å²) in [7, 11) is 1.64. The Morgan fingerprint density at radius 3 is 2.63 bits per heavy atom. The molecule has 0 unspecified atom stereocenters. The van der Waals surface area contributed by atoms with E-state index >= 15 is 0 Å². The molecule has 6 heteroatoms. The lowest BCUT2D eigenvalue weighted by Gasteiger charge is -2.41. The van der Waals surface area contributed by atoms with Gasteiger partial charge in [-0.25, -0.2) is 4.98 Å². The molecule has 0 N–H and O–H groups in total. The summed E-state index contributed by atoms with van der Waals surface area (Å²) in [5, 5.41) is 0.679. The fraction of sp³-hybridized carbons (Fsp3) is 0.619. The van der Waals surface area contributed by atoms with Gasteiger partial charge in [-0.3, -0.25) is 14.3 Å². The van der Waals surface area contributed by atoms with E-state index in [2.05, 4.69) is 26.9 Å². The standard InChI is InChI=1S/C21H30N4O2/c1-27-14-13-25-16-22-20-15-18(7-8-19(20)21(25)26)24-11-9-23(10-12-24)17-5-3-2-4-6-17/h7-8,15-17H,2-6,9-14H2,1H3. The van der Waals surface area contributed by atoms with Gasteiger partial charge in [-0.05, 0) is 31.0 Å². The zero-order chi connectivity index (χ0) is 18.6. The van der Waals surface area contributed by atoms with Crippen molar-refractivity contribution in [3.8, 4) is 0 Å². The first kappa shape index (κ1) is 18.4. The molecule has 1 aliphatic heterocycles. The lowest BCUT2D eigenvalue weighted by molar-refractivity contribution is 0.148. The third kappa shape index (κ3) is 4.01. The van der Waals surface area contributed by atoms with Crippen molar-refractivity contribution >= 4 is 16.6 Å². The average Bonchev–Trinajstić information content (AvgIpc) is 2.74. The molecule has 1 aromatic carbocycles. The van der Waals surface area contributed by atoms with E-state index in [1.165, 1.54) is 37.8 Å². The van der Waals surface area contributed by atoms with Crippen molar-refractivity contribution in [3.05, 3.63) is 34.9 Å². The van der Waals surface area contributed by atoms with E-state index in [4.69, 9.17) is 4.74 Å². The molecule has 2 heterocycles. The van der Waals surface area contributed by atoms with Gasteiger partial charge in [0, 0.05) is 45.0 Å². The van der Waals surface area contributed by atoms with Crippen LogP contribution in [0.5, 0.6) is 0 Å². The van der Waals surface area contributed by atoms with Crippen LogP contribution in [0.4, 0.5) is 5.69 Å². The van der Waals surface area contributed by atoms with Gasteiger partial charge in [-0.15, -0.1) is 0 Å². The number of aromatic nitrogens is 2. The van der Waals surface area contributed by atoms with Crippen molar-refractivity contribution in [1.29, 1.82) is 0 Å². The summed E-state index contributed by atoms with van der Waals surface area (Å²) in [5.41, 5.74) is 1.96. The van der Waals surface area contributed by atoms with Gasteiger partial charge in [-0.2, -0.15) is 0 Å². The van der Waals surface area contributed by atoms with Gasteiger partial charge in [0.15, 0.2) is 0 Å². The van der Waals surface area contributed by atoms with Crippen molar-refractivity contribution in [3.63, 3.8) is 0 Å². The van der Waals surface area contributed by atoms with Crippen molar-refractivity contribution in [1.82, 2.24) is 14.5 Å². The summed E-state index contributed by atoms with van der Waals surface area (Å²) in [6.45, 7) is 5.41. The molecular weight excluding hydrogens is 340 g/mol. The van der Waals surface area contributed by atoms with Gasteiger partial charge in [0.1, 0.15) is 0 Å². The van der Waals surface area contributed by atoms with Crippen LogP contribution in [-0.4, -0.2) is 60.4 Å². The number of anilines is 1. The fourth-order valence-corrected chi connectivity index (χ4v) is 4.48. The summed E-state index contributed by atoms with van der Waals surface area (Å²) < 4.78 is 6.69. The van der Waals surface area contributed by atoms with Crippen molar-refractivity contribution in [2.75, 3.05) is 44.8 Å². The monoisotopic (exact) mass is 370 g/mol. The van der Waals surface area contributed by atoms with E-state index < -0.39 is 0 Å². The summed E-state index contributed by atoms with van der Waals surface area (Å²) in [6, 6.07) is 6.86. The number of hydrogen-bond donors (Lipinski definition) is 0. The Labute approximate surface area is 160 Å². The second-order valence-electron chi connectivity index (χ2n) is 7.75. The molecule has 1 saturated heterocycles. The Bertz CT molecular complexity index is 821. The molecule has 0 radical (unpaired) electrons. The predicted molar refractivity (Wildman–Crippen MR) is 109 cm³/mol. The molecule has 1 saturated carbocycles. The predicted octanol–water partition coefficient (Wildman–Crippen LogP) is 2.50. The van der Waals surface area contributed by atoms with Crippen LogP contribution in [0.3, 0.4) is 0 Å². The van der Waals surface area contributed by atoms with Crippen molar-refractivity contribution in [2.45, 2.75) is 44.7 Å². The first-order valence-electron chi connectivity index (χ1n) is 10.2. The Morgan fingerprint density at radius 2 is 1.89 bits per heavy atom. The van der Waals surface area contributed by atoms with E-state index in [0.717, 1.165) is 37.7 Å². The number of nitrogens with zero attached hydrogens (tertiary/aromatic N) is 4. The maximum absolute atomic E-state index is 12.6. The molecule has 1 aromatic heterocycles. The van der Waals surface area contributed by atoms with Gasteiger partial charge in [0.2, 0.25) is 0 Å². The topological polar surface area (TPSA) is 50.6 Å². The minimum absolute atomic E-state index is 0.00529. The summed E-state index contributed by atoms with van der Waals surface area (Å²) in [6.07, 6.45) is 8.57. The molecule has 2 aromatic rings. The highest BCUT2D eigenvalue weighted by Crippen LogP contribution is 2.25. The summed E-state index contributed by atoms with van der Waals surface area (Å²) in [5.74, 6) is 0. The molecule has 0 bridgehead atoms. The highest BCUT2D eigenvalue weighted by molar-refractivity contribution is 5.81. The molecule has 4 rings (SSSR count). The first-order valence-corrected chi connectivity index (χ1v) is 10.2. The zero-order valence-electron chi connectivity index (χ0n) is 16.3. The van der Waals surface area contributed by atoms with Crippen LogP contribution in [0.25, 0.3) is 10.9 Å². The molecule has 0 amide bonds. The second-order valence-corrected chi connectivity index (χ2v) is 7.75. The largest absolute Gasteiger partial charge is 0.383 e. The molecule has 27 heavy (non-hydrogen) atoms. The number of ether oxygens (including phenoxy) is 1. The van der Waals surface area contributed by atoms with E-state index in [1.807, 2.05) is 6.07 Å². The molecule has 6 nitrogen and oxygen atoms in total. The van der Waals surface area contributed by atoms with Gasteiger partial charge in [0.25, 0.3) is 5.56 Å². The first-order chi connectivity index (χ1) is 13.3. The Morgan fingerprint density at radius 1 is 1.11 bits per heavy atom. The van der Waals surface area contributed by atoms with Gasteiger partial charge < -0.3 is 9.64 Å². The molecule has 146 valence electrons. The van der Waals surface area contributed by atoms with Gasteiger partial charge in [0.05, 0.1) is 30.4 Å². The summed E-state index contributed by atoms with van der Waals surface area (Å²) in [4.78, 5) is 22.2. The average molecular weight is 370 g/mol. The SMILES string of the molecule is COCCn1cnc2cc(N3CCN(C4CCCCC4)CC3)ccc2c1=O. The number of fused-ring (bicyclic) bond motifs is 1. The molecule has 2 fully saturated rings. The van der Waals surface area contributed by atoms with Gasteiger partial charge >= 0.3 is 0 Å². The number of methoxy groups -OCH3 is 1. The molecule has 0 atom stereocenters. The molecule has 2 aliphatic rings. The quantitative estimate of drug-likeness (QED) is 0.809. The molecule has 1 aliphatic carbocycles. The van der Waals surface area contributed by atoms with Crippen LogP contribution in [0.1, 0.15) is 32.1 Å². The van der Waals surface area contributed by atoms with Crippen LogP contribution >= 0.6 is 0 Å². The lowest BCUT2D eigenvalue weighted by atomic mass is 9.94. The van der Waals surface area contributed by atoms with E-state index in [-0.39, 0.29) is 5.56 Å². The van der Waals surface area contributed by atoms with Crippen LogP contribution < -0.4 is 10.5 Å². The van der Waals surface area contributed by atoms with Gasteiger partial charge in [-0.1, -0.05) is 19.3 Å². The molecular formula is C21H30N4O2. The normalized spacial score (nSPS) is 19.7. The minimum Gasteiger partial charge on any atom is -0.383 e. The summed E-state index contributed by atoms with van der Waals surface area (Å²) >= 11 is 0. The maximum atomic E-state index is 12.6. The smallest absolute Gasteiger partial charge is 0.261 e. The van der Waals surface area contributed by atoms with Crippen LogP contribution in [0, 0.1) is 0 Å². The van der Waals surface area contributed by atoms with Crippen LogP contribution in [-0.2, 0) is 11.3 Å². The van der Waals surface area contributed by atoms with E-state index in [1.54, 1.807) is 18.0 Å². The highest BCUT2D eigenvalue weighted by atomic mass is 16.5. The number of hydrogen-bond acceptors (Lipinski definition) is 5. The fourth-order valence-electron chi connectivity index (χ4n) is 4.48. The maximum Gasteiger partial charge on any atom is 0.261 e. The lowest BCUT2D eigenvalue weighted by Crippen LogP contribution is -2.50. The Kier molecular flexibility index (Phi) is 5.74. The van der Waals surface area contributed by atoms with Crippen molar-refractivity contribution < 1.29 is 4.74 Å². The zero-order valence-corrected chi connectivity index (χ0v) is 16.3.